The maximum absolute atomic E-state index is 14.6. The SMILES string of the molecule is CCCc1ccc(-c2cc(F)c(C(F)(F)Oc3cc(F)c(O)c(F)c3)c(F)c2)cc1.CCCc1ccc(-c2cc(F)c(C(F)(F)Oc3cc(F)c(OC(F)(F)C=C(F)F)c(F)c3)c(F)c2)cc1.FC(F)(Br)CC(F)(F)Br.O=CO[O-].[H-].[K+].[K+]. The Morgan fingerprint density at radius 3 is 1.09 bits per heavy atom. The van der Waals surface area contributed by atoms with Crippen molar-refractivity contribution in [2.24, 2.45) is 0 Å². The van der Waals surface area contributed by atoms with Crippen molar-refractivity contribution < 1.29 is 226 Å². The molecule has 1 N–H and O–H groups in total. The van der Waals surface area contributed by atoms with Crippen LogP contribution in [0.2, 0.25) is 0 Å². The zero-order chi connectivity index (χ0) is 60.7. The van der Waals surface area contributed by atoms with E-state index < -0.39 is 127 Å². The predicted molar refractivity (Wildman–Crippen MR) is 252 cm³/mol. The van der Waals surface area contributed by atoms with Gasteiger partial charge in [-0.3, -0.25) is 4.79 Å². The molecule has 0 bridgehead atoms. The number of benzene rings is 6. The molecule has 0 aliphatic carbocycles. The molecule has 0 spiro atoms. The Kier molecular flexibility index (Phi) is 31.2. The molecule has 7 nitrogen and oxygen atoms in total. The molecule has 82 heavy (non-hydrogen) atoms. The van der Waals surface area contributed by atoms with Gasteiger partial charge >= 0.3 is 131 Å². The Morgan fingerprint density at radius 1 is 0.524 bits per heavy atom. The Balaban J connectivity index is 0.00000131. The maximum atomic E-state index is 14.6. The van der Waals surface area contributed by atoms with Crippen molar-refractivity contribution in [3.63, 3.8) is 0 Å². The summed E-state index contributed by atoms with van der Waals surface area (Å²) < 4.78 is 280. The number of ether oxygens (including phenoxy) is 3. The largest absolute Gasteiger partial charge is 1.00 e. The number of carbonyl (C=O) groups excluding carboxylic acids is 1. The van der Waals surface area contributed by atoms with Crippen molar-refractivity contribution in [3.8, 4) is 45.3 Å². The summed E-state index contributed by atoms with van der Waals surface area (Å²) in [6.07, 6.45) is -16.4. The van der Waals surface area contributed by atoms with Gasteiger partial charge in [-0.2, -0.15) is 52.7 Å². The standard InChI is InChI=1S/C25H16F10O2.C22H16F6O2.C3H2Br2F4.CH2O3.2K.H/c1-2-3-13-4-6-14(7-5-13)15-8-17(26)22(18(27)9-15)25(34,35)36-16-10-19(28)23(20(29)11-16)37-24(32,33)12-21(30)31;1-2-3-12-4-6-13(7-5-12)14-8-16(23)20(17(24)9-14)22(27,28)30-15-10-18(25)21(29)19(26)11-15;4-2(6,7)1-3(5,8)9;2-1-4-3;;;/h4-12H,2-3H2,1H3;4-11,29H,2-3H2,1H3;1H2;1,3H;;;/q;;;;2*+1;-1/p-1. The summed E-state index contributed by atoms with van der Waals surface area (Å²) in [6, 6.07) is 16.4. The number of hydrogen-bond donors (Lipinski definition) is 1. The third kappa shape index (κ3) is 24.5. The first-order valence-electron chi connectivity index (χ1n) is 21.9. The van der Waals surface area contributed by atoms with Gasteiger partial charge in [-0.15, -0.1) is 0 Å². The van der Waals surface area contributed by atoms with Gasteiger partial charge in [0.1, 0.15) is 45.9 Å². The molecule has 0 unspecified atom stereocenters. The van der Waals surface area contributed by atoms with E-state index in [0.717, 1.165) is 48.9 Å². The summed E-state index contributed by atoms with van der Waals surface area (Å²) in [5, 5.41) is 17.4. The first-order chi connectivity index (χ1) is 37.0. The molecule has 0 radical (unpaired) electrons. The van der Waals surface area contributed by atoms with Crippen LogP contribution in [0.3, 0.4) is 0 Å². The van der Waals surface area contributed by atoms with E-state index in [4.69, 9.17) is 15.2 Å². The van der Waals surface area contributed by atoms with E-state index in [2.05, 4.69) is 19.1 Å². The number of phenols is 1. The molecule has 0 fully saturated rings. The fourth-order valence-corrected chi connectivity index (χ4v) is 7.63. The Hall–Kier alpha value is -3.48. The van der Waals surface area contributed by atoms with Crippen LogP contribution in [0.4, 0.5) is 87.8 Å². The Morgan fingerprint density at radius 2 is 0.829 bits per heavy atom. The second kappa shape index (κ2) is 33.4. The van der Waals surface area contributed by atoms with E-state index >= 15 is 0 Å². The normalized spacial score (nSPS) is 11.4. The van der Waals surface area contributed by atoms with Gasteiger partial charge in [-0.1, -0.05) is 75.2 Å². The van der Waals surface area contributed by atoms with Crippen molar-refractivity contribution in [2.45, 2.75) is 73.9 Å². The number of carbonyl (C=O) groups is 1. The van der Waals surface area contributed by atoms with Gasteiger partial charge in [0.15, 0.2) is 34.8 Å². The van der Waals surface area contributed by atoms with Crippen LogP contribution in [0.5, 0.6) is 23.0 Å². The molecule has 438 valence electrons. The second-order valence-electron chi connectivity index (χ2n) is 15.9. The van der Waals surface area contributed by atoms with Crippen LogP contribution in [0, 0.1) is 46.5 Å². The molecule has 0 saturated carbocycles. The monoisotopic (exact) mass is 1380 g/mol. The van der Waals surface area contributed by atoms with Crippen LogP contribution < -0.4 is 122 Å². The molecule has 31 heteroatoms. The number of phenolic OH excluding ortho intramolecular Hbond substituents is 1. The summed E-state index contributed by atoms with van der Waals surface area (Å²) in [5.41, 5.74) is -0.900. The van der Waals surface area contributed by atoms with Gasteiger partial charge in [-0.05, 0) is 102 Å². The van der Waals surface area contributed by atoms with Crippen LogP contribution in [0.1, 0.15) is 56.8 Å². The molecule has 6 aromatic rings. The number of hydrogen-bond acceptors (Lipinski definition) is 7. The van der Waals surface area contributed by atoms with Gasteiger partial charge in [0.25, 0.3) is 12.6 Å². The average Bonchev–Trinajstić information content (AvgIpc) is 3.30. The van der Waals surface area contributed by atoms with Gasteiger partial charge in [0, 0.05) is 24.3 Å². The van der Waals surface area contributed by atoms with E-state index in [-0.39, 0.29) is 146 Å². The van der Waals surface area contributed by atoms with Gasteiger partial charge in [0.2, 0.25) is 0 Å². The molecule has 0 aliphatic rings. The number of alkyl halides is 12. The summed E-state index contributed by atoms with van der Waals surface area (Å²) in [4.78, 5) is 4.25. The fraction of sp³-hybridized carbons (Fsp3) is 0.235. The smallest absolute Gasteiger partial charge is 1.00 e. The van der Waals surface area contributed by atoms with Crippen molar-refractivity contribution >= 4 is 38.3 Å². The molecule has 6 rings (SSSR count). The first-order valence-corrected chi connectivity index (χ1v) is 23.5. The summed E-state index contributed by atoms with van der Waals surface area (Å²) in [5.74, 6) is -19.6. The minimum atomic E-state index is -4.85. The van der Waals surface area contributed by atoms with Crippen LogP contribution in [0.15, 0.2) is 109 Å². The van der Waals surface area contributed by atoms with E-state index in [0.29, 0.717) is 23.3 Å². The van der Waals surface area contributed by atoms with E-state index in [1.807, 2.05) is 13.8 Å². The molecule has 0 atom stereocenters. The fourth-order valence-electron chi connectivity index (χ4n) is 6.55. The van der Waals surface area contributed by atoms with Crippen molar-refractivity contribution in [1.29, 1.82) is 0 Å². The van der Waals surface area contributed by atoms with E-state index in [9.17, 15) is 87.8 Å². The predicted octanol–water partition coefficient (Wildman–Crippen LogP) is 11.3. The molecule has 6 aromatic carbocycles. The molecule has 0 heterocycles. The number of rotatable bonds is 18. The minimum absolute atomic E-state index is 0. The first kappa shape index (κ1) is 76.5. The van der Waals surface area contributed by atoms with Crippen molar-refractivity contribution in [1.82, 2.24) is 0 Å². The summed E-state index contributed by atoms with van der Waals surface area (Å²) >= 11 is 3.54. The number of aryl methyl sites for hydroxylation is 2. The summed E-state index contributed by atoms with van der Waals surface area (Å²) in [6.45, 7) is 3.78. The van der Waals surface area contributed by atoms with Crippen LogP contribution >= 0.6 is 31.9 Å². The van der Waals surface area contributed by atoms with Crippen molar-refractivity contribution in [3.05, 3.63) is 178 Å². The van der Waals surface area contributed by atoms with Crippen LogP contribution in [-0.2, 0) is 34.7 Å². The van der Waals surface area contributed by atoms with Gasteiger partial charge in [0.05, 0.1) is 12.5 Å². The third-order valence-electron chi connectivity index (χ3n) is 9.73. The molecule has 0 saturated heterocycles. The average molecular weight is 1380 g/mol. The quantitative estimate of drug-likeness (QED) is 0.0229. The molecule has 0 amide bonds. The zero-order valence-electron chi connectivity index (χ0n) is 43.1. The van der Waals surface area contributed by atoms with Crippen molar-refractivity contribution in [2.75, 3.05) is 0 Å². The van der Waals surface area contributed by atoms with E-state index in [1.165, 1.54) is 0 Å². The summed E-state index contributed by atoms with van der Waals surface area (Å²) in [7, 11) is 0. The zero-order valence-corrected chi connectivity index (χ0v) is 51.6. The maximum Gasteiger partial charge on any atom is 1.00 e. The second-order valence-corrected chi connectivity index (χ2v) is 18.2. The molecule has 0 aromatic heterocycles. The number of halogens is 22. The number of aromatic hydroxyl groups is 1. The third-order valence-corrected chi connectivity index (χ3v) is 10.3. The van der Waals surface area contributed by atoms with Gasteiger partial charge < -0.3 is 30.9 Å². The van der Waals surface area contributed by atoms with Crippen LogP contribution in [0.25, 0.3) is 22.3 Å². The Labute approximate surface area is 555 Å². The minimum Gasteiger partial charge on any atom is -1.00 e. The molecule has 0 aliphatic heterocycles. The van der Waals surface area contributed by atoms with Crippen LogP contribution in [-0.4, -0.2) is 27.4 Å². The Bertz CT molecular complexity index is 2980. The topological polar surface area (TPSA) is 97.3 Å². The van der Waals surface area contributed by atoms with Gasteiger partial charge in [-0.25, -0.2) is 35.1 Å². The molecular formula is C51H36Br2F20K2O7. The molecular weight excluding hydrogens is 1340 g/mol. The van der Waals surface area contributed by atoms with E-state index in [1.54, 1.807) is 80.4 Å².